The fraction of sp³-hybridized carbons (Fsp3) is 0.750. The van der Waals surface area contributed by atoms with Gasteiger partial charge in [0.2, 0.25) is 0 Å². The molecule has 0 fully saturated rings. The van der Waals surface area contributed by atoms with Crippen LogP contribution >= 0.6 is 34.8 Å². The third-order valence-corrected chi connectivity index (χ3v) is 1.88. The van der Waals surface area contributed by atoms with Gasteiger partial charge in [-0.3, -0.25) is 0 Å². The highest BCUT2D eigenvalue weighted by Crippen LogP contribution is 2.26. The second-order valence-electron chi connectivity index (χ2n) is 2.68. The number of unbranched alkanes of at least 4 members (excludes halogenated alkanes) is 2. The summed E-state index contributed by atoms with van der Waals surface area (Å²) in [6, 6.07) is 0. The maximum absolute atomic E-state index is 5.77. The molecule has 0 aliphatic carbocycles. The van der Waals surface area contributed by atoms with Gasteiger partial charge in [0.25, 0.3) is 0 Å². The number of rotatable bonds is 5. The second kappa shape index (κ2) is 6.16. The zero-order valence-corrected chi connectivity index (χ0v) is 8.88. The minimum absolute atomic E-state index is 0.565. The molecule has 0 aromatic rings. The van der Waals surface area contributed by atoms with E-state index in [1.54, 1.807) is 5.54 Å². The number of hydrogen-bond acceptors (Lipinski definition) is 0. The first-order valence-electron chi connectivity index (χ1n) is 3.69. The van der Waals surface area contributed by atoms with Gasteiger partial charge >= 0.3 is 0 Å². The third-order valence-electron chi connectivity index (χ3n) is 1.33. The Kier molecular flexibility index (Phi) is 6.50. The van der Waals surface area contributed by atoms with Crippen molar-refractivity contribution < 1.29 is 0 Å². The first-order valence-corrected chi connectivity index (χ1v) is 4.88. The lowest BCUT2D eigenvalue weighted by atomic mass is 10.1. The Morgan fingerprint density at radius 2 is 1.91 bits per heavy atom. The van der Waals surface area contributed by atoms with E-state index in [9.17, 15) is 0 Å². The van der Waals surface area contributed by atoms with Crippen molar-refractivity contribution in [2.24, 2.45) is 0 Å². The highest BCUT2D eigenvalue weighted by atomic mass is 35.5. The molecule has 0 saturated carbocycles. The molecule has 0 nitrogen and oxygen atoms in total. The Labute approximate surface area is 83.5 Å². The van der Waals surface area contributed by atoms with E-state index in [1.807, 2.05) is 13.0 Å². The third kappa shape index (κ3) is 10.6. The Morgan fingerprint density at radius 3 is 2.36 bits per heavy atom. The molecule has 0 radical (unpaired) electrons. The molecule has 11 heavy (non-hydrogen) atoms. The van der Waals surface area contributed by atoms with Gasteiger partial charge in [-0.05, 0) is 26.2 Å². The van der Waals surface area contributed by atoms with Crippen LogP contribution in [0.1, 0.15) is 32.6 Å². The Bertz CT molecular complexity index is 113. The molecule has 0 bridgehead atoms. The molecule has 0 spiro atoms. The maximum atomic E-state index is 5.77. The van der Waals surface area contributed by atoms with Crippen LogP contribution in [-0.4, -0.2) is 4.33 Å². The van der Waals surface area contributed by atoms with E-state index in [-0.39, 0.29) is 0 Å². The van der Waals surface area contributed by atoms with Gasteiger partial charge < -0.3 is 0 Å². The van der Waals surface area contributed by atoms with Crippen molar-refractivity contribution in [2.45, 2.75) is 36.9 Å². The monoisotopic (exact) mass is 214 g/mol. The molecule has 0 heterocycles. The van der Waals surface area contributed by atoms with E-state index < -0.39 is 4.33 Å². The van der Waals surface area contributed by atoms with Gasteiger partial charge in [-0.1, -0.05) is 24.1 Å². The van der Waals surface area contributed by atoms with Gasteiger partial charge in [0.05, 0.1) is 0 Å². The van der Waals surface area contributed by atoms with E-state index in [1.165, 1.54) is 0 Å². The molecule has 0 aromatic carbocycles. The SMILES string of the molecule is CC(Cl)(Cl)CCCC/C=C/Cl. The average molecular weight is 216 g/mol. The van der Waals surface area contributed by atoms with E-state index >= 15 is 0 Å². The number of allylic oxidation sites excluding steroid dienone is 1. The Balaban J connectivity index is 3.15. The number of alkyl halides is 2. The molecular formula is C8H13Cl3. The van der Waals surface area contributed by atoms with Crippen LogP contribution in [0.5, 0.6) is 0 Å². The van der Waals surface area contributed by atoms with E-state index in [2.05, 4.69) is 0 Å². The molecule has 0 amide bonds. The van der Waals surface area contributed by atoms with Crippen molar-refractivity contribution in [2.75, 3.05) is 0 Å². The summed E-state index contributed by atoms with van der Waals surface area (Å²) < 4.78 is -0.565. The number of halogens is 3. The lowest BCUT2D eigenvalue weighted by Gasteiger charge is -2.11. The van der Waals surface area contributed by atoms with Crippen molar-refractivity contribution in [3.8, 4) is 0 Å². The predicted molar refractivity (Wildman–Crippen MR) is 53.6 cm³/mol. The topological polar surface area (TPSA) is 0 Å². The van der Waals surface area contributed by atoms with Gasteiger partial charge in [0.15, 0.2) is 0 Å². The molecule has 0 N–H and O–H groups in total. The van der Waals surface area contributed by atoms with E-state index in [0.717, 1.165) is 25.7 Å². The standard InChI is InChI=1S/C8H13Cl3/c1-8(10,11)6-4-2-3-5-7-9/h5,7H,2-4,6H2,1H3/b7-5+. The van der Waals surface area contributed by atoms with Crippen molar-refractivity contribution in [1.82, 2.24) is 0 Å². The summed E-state index contributed by atoms with van der Waals surface area (Å²) in [5, 5.41) is 0. The molecule has 0 aliphatic heterocycles. The summed E-state index contributed by atoms with van der Waals surface area (Å²) in [6.45, 7) is 1.81. The maximum Gasteiger partial charge on any atom is 0.115 e. The van der Waals surface area contributed by atoms with E-state index in [0.29, 0.717) is 0 Å². The molecule has 0 unspecified atom stereocenters. The summed E-state index contributed by atoms with van der Waals surface area (Å²) >= 11 is 16.9. The quantitative estimate of drug-likeness (QED) is 0.468. The van der Waals surface area contributed by atoms with Crippen molar-refractivity contribution >= 4 is 34.8 Å². The molecule has 0 aromatic heterocycles. The summed E-state index contributed by atoms with van der Waals surface area (Å²) in [5.74, 6) is 0. The van der Waals surface area contributed by atoms with Gasteiger partial charge in [-0.2, -0.15) is 0 Å². The van der Waals surface area contributed by atoms with E-state index in [4.69, 9.17) is 34.8 Å². The van der Waals surface area contributed by atoms with Gasteiger partial charge in [-0.25, -0.2) is 0 Å². The summed E-state index contributed by atoms with van der Waals surface area (Å²) in [4.78, 5) is 0. The zero-order chi connectivity index (χ0) is 8.74. The fourth-order valence-corrected chi connectivity index (χ4v) is 1.15. The average Bonchev–Trinajstić information content (AvgIpc) is 1.85. The largest absolute Gasteiger partial charge is 0.115 e. The molecule has 0 rings (SSSR count). The fourth-order valence-electron chi connectivity index (χ4n) is 0.761. The predicted octanol–water partition coefficient (Wildman–Crippen LogP) is 4.49. The van der Waals surface area contributed by atoms with Gasteiger partial charge in [-0.15, -0.1) is 23.2 Å². The first kappa shape index (κ1) is 11.6. The summed E-state index contributed by atoms with van der Waals surface area (Å²) in [7, 11) is 0. The lowest BCUT2D eigenvalue weighted by Crippen LogP contribution is -2.04. The van der Waals surface area contributed by atoms with Gasteiger partial charge in [0.1, 0.15) is 4.33 Å². The molecular weight excluding hydrogens is 202 g/mol. The van der Waals surface area contributed by atoms with Crippen LogP contribution in [0, 0.1) is 0 Å². The number of hydrogen-bond donors (Lipinski definition) is 0. The summed E-state index contributed by atoms with van der Waals surface area (Å²) in [5.41, 5.74) is 1.54. The summed E-state index contributed by atoms with van der Waals surface area (Å²) in [6.07, 6.45) is 5.92. The first-order chi connectivity index (χ1) is 5.06. The smallest absolute Gasteiger partial charge is 0.102 e. The zero-order valence-electron chi connectivity index (χ0n) is 6.62. The minimum Gasteiger partial charge on any atom is -0.102 e. The molecule has 0 atom stereocenters. The minimum atomic E-state index is -0.565. The normalized spacial score (nSPS) is 12.7. The van der Waals surface area contributed by atoms with Crippen LogP contribution in [0.2, 0.25) is 0 Å². The van der Waals surface area contributed by atoms with Crippen molar-refractivity contribution in [3.05, 3.63) is 11.6 Å². The molecule has 66 valence electrons. The lowest BCUT2D eigenvalue weighted by molar-refractivity contribution is 0.649. The highest BCUT2D eigenvalue weighted by Gasteiger charge is 2.14. The van der Waals surface area contributed by atoms with Gasteiger partial charge in [0, 0.05) is 5.54 Å². The van der Waals surface area contributed by atoms with Crippen molar-refractivity contribution in [3.63, 3.8) is 0 Å². The van der Waals surface area contributed by atoms with Crippen LogP contribution in [0.3, 0.4) is 0 Å². The van der Waals surface area contributed by atoms with Crippen LogP contribution in [-0.2, 0) is 0 Å². The van der Waals surface area contributed by atoms with Crippen LogP contribution in [0.4, 0.5) is 0 Å². The molecule has 0 aliphatic rings. The highest BCUT2D eigenvalue weighted by molar-refractivity contribution is 6.48. The Morgan fingerprint density at radius 1 is 1.27 bits per heavy atom. The molecule has 3 heteroatoms. The van der Waals surface area contributed by atoms with Crippen LogP contribution < -0.4 is 0 Å². The van der Waals surface area contributed by atoms with Crippen molar-refractivity contribution in [1.29, 1.82) is 0 Å². The molecule has 0 saturated heterocycles. The van der Waals surface area contributed by atoms with Crippen LogP contribution in [0.15, 0.2) is 11.6 Å². The second-order valence-corrected chi connectivity index (χ2v) is 4.79. The van der Waals surface area contributed by atoms with Crippen LogP contribution in [0.25, 0.3) is 0 Å². The Hall–Kier alpha value is 0.610.